The summed E-state index contributed by atoms with van der Waals surface area (Å²) in [7, 11) is 4.95. The molecule has 8 heteroatoms. The van der Waals surface area contributed by atoms with Crippen molar-refractivity contribution in [2.24, 2.45) is 0 Å². The lowest BCUT2D eigenvalue weighted by Crippen LogP contribution is -2.24. The molecule has 188 valence electrons. The molecular weight excluding hydrogens is 473 g/mol. The van der Waals surface area contributed by atoms with Crippen molar-refractivity contribution in [3.05, 3.63) is 100.0 Å². The van der Waals surface area contributed by atoms with Crippen LogP contribution < -0.4 is 14.8 Å². The van der Waals surface area contributed by atoms with Gasteiger partial charge in [-0.1, -0.05) is 24.3 Å². The minimum absolute atomic E-state index is 0.207. The van der Waals surface area contributed by atoms with Gasteiger partial charge in [-0.25, -0.2) is 4.39 Å². The molecule has 1 aliphatic heterocycles. The summed E-state index contributed by atoms with van der Waals surface area (Å²) >= 11 is 0. The number of hydrogen-bond acceptors (Lipinski definition) is 5. The van der Waals surface area contributed by atoms with E-state index < -0.39 is 0 Å². The van der Waals surface area contributed by atoms with Crippen LogP contribution in [0.5, 0.6) is 11.5 Å². The molecule has 1 N–H and O–H groups in total. The Morgan fingerprint density at radius 1 is 1.05 bits per heavy atom. The van der Waals surface area contributed by atoms with Crippen molar-refractivity contribution in [2.45, 2.75) is 19.6 Å². The van der Waals surface area contributed by atoms with E-state index in [0.29, 0.717) is 39.8 Å². The summed E-state index contributed by atoms with van der Waals surface area (Å²) in [6, 6.07) is 15.6. The largest absolute Gasteiger partial charge is 0.497 e. The maximum Gasteiger partial charge on any atom is 0.255 e. The normalized spacial score (nSPS) is 12.3. The first-order valence-corrected chi connectivity index (χ1v) is 11.8. The van der Waals surface area contributed by atoms with Gasteiger partial charge in [0, 0.05) is 37.8 Å². The molecule has 1 aromatic heterocycles. The number of carbonyl (C=O) groups is 2. The molecule has 0 saturated carbocycles. The van der Waals surface area contributed by atoms with E-state index in [1.165, 1.54) is 17.0 Å². The number of amides is 2. The Labute approximate surface area is 213 Å². The van der Waals surface area contributed by atoms with Gasteiger partial charge in [-0.05, 0) is 53.4 Å². The van der Waals surface area contributed by atoms with Gasteiger partial charge in [-0.3, -0.25) is 14.6 Å². The van der Waals surface area contributed by atoms with E-state index in [2.05, 4.69) is 10.3 Å². The standard InChI is InChI=1S/C29H26FN3O4/c1-33(2)29(35)24-22-13-19(12-17-4-8-20(30)9-5-17)14-31-26(22)27(25-23(24)15-32-28(25)34)37-16-18-6-10-21(36-3)11-7-18/h4-11,13-14H,12,15-16H2,1-3H3,(H,32,34). The molecular formula is C29H26FN3O4. The molecule has 0 saturated heterocycles. The van der Waals surface area contributed by atoms with E-state index in [1.807, 2.05) is 30.3 Å². The second-order valence-corrected chi connectivity index (χ2v) is 9.12. The second-order valence-electron chi connectivity index (χ2n) is 9.12. The summed E-state index contributed by atoms with van der Waals surface area (Å²) in [6.07, 6.45) is 2.21. The number of pyridine rings is 1. The van der Waals surface area contributed by atoms with Gasteiger partial charge in [-0.2, -0.15) is 0 Å². The molecule has 0 radical (unpaired) electrons. The molecule has 0 fully saturated rings. The highest BCUT2D eigenvalue weighted by atomic mass is 19.1. The Bertz CT molecular complexity index is 1500. The second kappa shape index (κ2) is 9.89. The van der Waals surface area contributed by atoms with Gasteiger partial charge < -0.3 is 19.7 Å². The number of hydrogen-bond donors (Lipinski definition) is 1. The van der Waals surface area contributed by atoms with Crippen molar-refractivity contribution < 1.29 is 23.5 Å². The molecule has 2 heterocycles. The van der Waals surface area contributed by atoms with E-state index in [0.717, 1.165) is 22.4 Å². The molecule has 1 aliphatic rings. The van der Waals surface area contributed by atoms with Crippen molar-refractivity contribution in [1.29, 1.82) is 0 Å². The number of benzene rings is 3. The van der Waals surface area contributed by atoms with Crippen molar-refractivity contribution in [3.63, 3.8) is 0 Å². The molecule has 0 aliphatic carbocycles. The number of nitrogens with zero attached hydrogens (tertiary/aromatic N) is 2. The summed E-state index contributed by atoms with van der Waals surface area (Å²) in [5, 5.41) is 3.45. The highest BCUT2D eigenvalue weighted by molar-refractivity contribution is 6.16. The number of aromatic nitrogens is 1. The van der Waals surface area contributed by atoms with Crippen LogP contribution in [0.25, 0.3) is 10.9 Å². The van der Waals surface area contributed by atoms with E-state index in [-0.39, 0.29) is 30.8 Å². The predicted molar refractivity (Wildman–Crippen MR) is 137 cm³/mol. The average Bonchev–Trinajstić information content (AvgIpc) is 3.28. The molecule has 2 amide bonds. The molecule has 7 nitrogen and oxygen atoms in total. The number of methoxy groups -OCH3 is 1. The number of nitrogens with one attached hydrogen (secondary N) is 1. The van der Waals surface area contributed by atoms with Gasteiger partial charge in [0.15, 0.2) is 5.75 Å². The Morgan fingerprint density at radius 3 is 2.43 bits per heavy atom. The number of rotatable bonds is 7. The summed E-state index contributed by atoms with van der Waals surface area (Å²) in [4.78, 5) is 32.4. The zero-order valence-corrected chi connectivity index (χ0v) is 20.8. The van der Waals surface area contributed by atoms with Crippen LogP contribution in [-0.4, -0.2) is 42.9 Å². The summed E-state index contributed by atoms with van der Waals surface area (Å²) < 4.78 is 24.8. The van der Waals surface area contributed by atoms with E-state index in [9.17, 15) is 14.0 Å². The van der Waals surface area contributed by atoms with Crippen LogP contribution in [0.2, 0.25) is 0 Å². The molecule has 5 rings (SSSR count). The smallest absolute Gasteiger partial charge is 0.255 e. The highest BCUT2D eigenvalue weighted by Crippen LogP contribution is 2.39. The van der Waals surface area contributed by atoms with Crippen LogP contribution in [0, 0.1) is 5.82 Å². The average molecular weight is 500 g/mol. The molecule has 3 aromatic carbocycles. The molecule has 4 aromatic rings. The maximum atomic E-state index is 13.4. The SMILES string of the molecule is COc1ccc(COc2c3c(c(C(=O)N(C)C)c4cc(Cc5ccc(F)cc5)cnc24)CNC3=O)cc1. The predicted octanol–water partition coefficient (Wildman–Crippen LogP) is 4.50. The fourth-order valence-corrected chi connectivity index (χ4v) is 4.52. The number of halogens is 1. The van der Waals surface area contributed by atoms with Crippen LogP contribution >= 0.6 is 0 Å². The lowest BCUT2D eigenvalue weighted by molar-refractivity contribution is 0.0828. The summed E-state index contributed by atoms with van der Waals surface area (Å²) in [5.41, 5.74) is 4.47. The topological polar surface area (TPSA) is 80.8 Å². The Balaban J connectivity index is 1.63. The summed E-state index contributed by atoms with van der Waals surface area (Å²) in [5.74, 6) is 0.258. The van der Waals surface area contributed by atoms with Crippen molar-refractivity contribution in [2.75, 3.05) is 21.2 Å². The first-order chi connectivity index (χ1) is 17.9. The van der Waals surface area contributed by atoms with Gasteiger partial charge in [-0.15, -0.1) is 0 Å². The van der Waals surface area contributed by atoms with E-state index in [4.69, 9.17) is 9.47 Å². The van der Waals surface area contributed by atoms with Crippen LogP contribution in [-0.2, 0) is 19.6 Å². The van der Waals surface area contributed by atoms with Gasteiger partial charge in [0.25, 0.3) is 11.8 Å². The molecule has 37 heavy (non-hydrogen) atoms. The lowest BCUT2D eigenvalue weighted by atomic mass is 9.94. The minimum Gasteiger partial charge on any atom is -0.497 e. The fraction of sp³-hybridized carbons (Fsp3) is 0.207. The van der Waals surface area contributed by atoms with Gasteiger partial charge in [0.1, 0.15) is 23.7 Å². The van der Waals surface area contributed by atoms with E-state index in [1.54, 1.807) is 39.5 Å². The molecule has 0 unspecified atom stereocenters. The van der Waals surface area contributed by atoms with Crippen molar-refractivity contribution in [3.8, 4) is 11.5 Å². The molecule has 0 atom stereocenters. The zero-order valence-electron chi connectivity index (χ0n) is 20.8. The molecule has 0 spiro atoms. The van der Waals surface area contributed by atoms with Gasteiger partial charge >= 0.3 is 0 Å². The van der Waals surface area contributed by atoms with Gasteiger partial charge in [0.2, 0.25) is 0 Å². The van der Waals surface area contributed by atoms with E-state index >= 15 is 0 Å². The quantitative estimate of drug-likeness (QED) is 0.405. The van der Waals surface area contributed by atoms with Crippen LogP contribution in [0.15, 0.2) is 60.8 Å². The monoisotopic (exact) mass is 499 g/mol. The number of carbonyl (C=O) groups excluding carboxylic acids is 2. The van der Waals surface area contributed by atoms with Crippen LogP contribution in [0.1, 0.15) is 43.0 Å². The first kappa shape index (κ1) is 24.2. The van der Waals surface area contributed by atoms with Crippen molar-refractivity contribution in [1.82, 2.24) is 15.2 Å². The molecule has 0 bridgehead atoms. The number of fused-ring (bicyclic) bond motifs is 2. The third-order valence-corrected chi connectivity index (χ3v) is 6.40. The fourth-order valence-electron chi connectivity index (χ4n) is 4.52. The van der Waals surface area contributed by atoms with Crippen molar-refractivity contribution >= 4 is 22.7 Å². The zero-order chi connectivity index (χ0) is 26.1. The highest BCUT2D eigenvalue weighted by Gasteiger charge is 2.33. The number of ether oxygens (including phenoxy) is 2. The summed E-state index contributed by atoms with van der Waals surface area (Å²) in [6.45, 7) is 0.429. The Morgan fingerprint density at radius 2 is 1.76 bits per heavy atom. The van der Waals surface area contributed by atoms with Gasteiger partial charge in [0.05, 0.1) is 18.2 Å². The Kier molecular flexibility index (Phi) is 6.48. The third kappa shape index (κ3) is 4.70. The third-order valence-electron chi connectivity index (χ3n) is 6.40. The first-order valence-electron chi connectivity index (χ1n) is 11.8. The van der Waals surface area contributed by atoms with Crippen LogP contribution in [0.4, 0.5) is 4.39 Å². The van der Waals surface area contributed by atoms with Crippen LogP contribution in [0.3, 0.4) is 0 Å². The maximum absolute atomic E-state index is 13.4. The lowest BCUT2D eigenvalue weighted by Gasteiger charge is -2.19. The Hall–Kier alpha value is -4.46. The minimum atomic E-state index is -0.300.